The average Bonchev–Trinajstić information content (AvgIpc) is 3.21. The molecular weight excluding hydrogens is 329 g/mol. The van der Waals surface area contributed by atoms with Gasteiger partial charge in [-0.1, -0.05) is 0 Å². The van der Waals surface area contributed by atoms with E-state index in [1.54, 1.807) is 32.4 Å². The summed E-state index contributed by atoms with van der Waals surface area (Å²) in [4.78, 5) is 12.5. The highest BCUT2D eigenvalue weighted by Gasteiger charge is 2.35. The first-order chi connectivity index (χ1) is 11.5. The minimum atomic E-state index is -0.299. The largest absolute Gasteiger partial charge is 0.376 e. The van der Waals surface area contributed by atoms with Crippen molar-refractivity contribution in [2.24, 2.45) is 7.05 Å². The van der Waals surface area contributed by atoms with Crippen LogP contribution in [-0.4, -0.2) is 46.4 Å². The number of carbonyl (C=O) groups is 1. The summed E-state index contributed by atoms with van der Waals surface area (Å²) in [7, 11) is 3.41. The Morgan fingerprint density at radius 3 is 2.83 bits per heavy atom. The van der Waals surface area contributed by atoms with Crippen molar-refractivity contribution in [3.63, 3.8) is 0 Å². The molecule has 0 saturated carbocycles. The molecule has 0 aliphatic carbocycles. The van der Waals surface area contributed by atoms with Gasteiger partial charge in [-0.15, -0.1) is 0 Å². The van der Waals surface area contributed by atoms with Crippen LogP contribution in [0.5, 0.6) is 0 Å². The maximum absolute atomic E-state index is 13.0. The van der Waals surface area contributed by atoms with Gasteiger partial charge in [-0.3, -0.25) is 9.48 Å². The van der Waals surface area contributed by atoms with Gasteiger partial charge in [-0.25, -0.2) is 4.39 Å². The zero-order valence-corrected chi connectivity index (χ0v) is 14.5. The second kappa shape index (κ2) is 6.94. The van der Waals surface area contributed by atoms with Gasteiger partial charge in [0, 0.05) is 32.0 Å². The van der Waals surface area contributed by atoms with Crippen molar-refractivity contribution in [3.8, 4) is 11.3 Å². The van der Waals surface area contributed by atoms with Crippen molar-refractivity contribution >= 4 is 17.7 Å². The Bertz CT molecular complexity index is 724. The molecule has 2 aromatic rings. The van der Waals surface area contributed by atoms with E-state index in [0.717, 1.165) is 23.5 Å². The van der Waals surface area contributed by atoms with Crippen molar-refractivity contribution in [2.45, 2.75) is 12.0 Å². The number of thioether (sulfide) groups is 1. The Balaban J connectivity index is 1.72. The summed E-state index contributed by atoms with van der Waals surface area (Å²) < 4.78 is 20.2. The molecule has 0 radical (unpaired) electrons. The average molecular weight is 349 g/mol. The molecule has 0 unspecified atom stereocenters. The number of rotatable bonds is 5. The fraction of sp³-hybridized carbons (Fsp3) is 0.412. The summed E-state index contributed by atoms with van der Waals surface area (Å²) in [5.74, 6) is 1.44. The van der Waals surface area contributed by atoms with Crippen molar-refractivity contribution in [1.29, 1.82) is 0 Å². The topological polar surface area (TPSA) is 56.1 Å². The van der Waals surface area contributed by atoms with E-state index in [2.05, 4.69) is 10.4 Å². The van der Waals surface area contributed by atoms with Crippen LogP contribution in [0.25, 0.3) is 11.3 Å². The summed E-state index contributed by atoms with van der Waals surface area (Å²) in [6.45, 7) is 0.479. The lowest BCUT2D eigenvalue weighted by Crippen LogP contribution is -2.44. The first-order valence-corrected chi connectivity index (χ1v) is 8.89. The number of hydrogen-bond donors (Lipinski definition) is 1. The van der Waals surface area contributed by atoms with E-state index in [1.165, 1.54) is 16.8 Å². The number of ether oxygens (including phenoxy) is 1. The molecule has 1 fully saturated rings. The van der Waals surface area contributed by atoms with E-state index >= 15 is 0 Å². The molecule has 0 bridgehead atoms. The van der Waals surface area contributed by atoms with E-state index in [-0.39, 0.29) is 17.3 Å². The van der Waals surface area contributed by atoms with Gasteiger partial charge in [0.15, 0.2) is 0 Å². The fourth-order valence-corrected chi connectivity index (χ4v) is 4.13. The normalized spacial score (nSPS) is 20.3. The van der Waals surface area contributed by atoms with Crippen LogP contribution in [-0.2, 0) is 11.8 Å². The monoisotopic (exact) mass is 349 g/mol. The van der Waals surface area contributed by atoms with Crippen molar-refractivity contribution in [3.05, 3.63) is 41.8 Å². The Morgan fingerprint density at radius 2 is 2.21 bits per heavy atom. The Labute approximate surface area is 144 Å². The number of aromatic nitrogens is 2. The van der Waals surface area contributed by atoms with E-state index < -0.39 is 0 Å². The zero-order valence-electron chi connectivity index (χ0n) is 13.7. The van der Waals surface area contributed by atoms with E-state index in [0.29, 0.717) is 17.9 Å². The quantitative estimate of drug-likeness (QED) is 0.901. The number of benzene rings is 1. The van der Waals surface area contributed by atoms with E-state index in [9.17, 15) is 9.18 Å². The third-order valence-electron chi connectivity index (χ3n) is 4.32. The molecule has 1 aromatic heterocycles. The SMILES string of the molecule is CO[C@@]1(CNC(=O)c2cc(-c3ccc(F)cc3)nn2C)CCSC1. The van der Waals surface area contributed by atoms with Gasteiger partial charge in [-0.2, -0.15) is 16.9 Å². The smallest absolute Gasteiger partial charge is 0.269 e. The molecule has 1 aliphatic heterocycles. The molecule has 1 saturated heterocycles. The van der Waals surface area contributed by atoms with Gasteiger partial charge in [0.2, 0.25) is 0 Å². The summed E-state index contributed by atoms with van der Waals surface area (Å²) in [6, 6.07) is 7.77. The summed E-state index contributed by atoms with van der Waals surface area (Å²) in [5.41, 5.74) is 1.59. The predicted molar refractivity (Wildman–Crippen MR) is 92.6 cm³/mol. The molecule has 1 aromatic carbocycles. The van der Waals surface area contributed by atoms with E-state index in [1.807, 2.05) is 11.8 Å². The molecule has 24 heavy (non-hydrogen) atoms. The molecule has 1 N–H and O–H groups in total. The molecule has 2 heterocycles. The third-order valence-corrected chi connectivity index (χ3v) is 5.55. The number of aryl methyl sites for hydroxylation is 1. The number of halogens is 1. The van der Waals surface area contributed by atoms with Gasteiger partial charge < -0.3 is 10.1 Å². The van der Waals surface area contributed by atoms with Gasteiger partial charge in [0.25, 0.3) is 5.91 Å². The molecule has 0 spiro atoms. The van der Waals surface area contributed by atoms with Gasteiger partial charge in [0.05, 0.1) is 11.3 Å². The van der Waals surface area contributed by atoms with Crippen LogP contribution >= 0.6 is 11.8 Å². The highest BCUT2D eigenvalue weighted by atomic mass is 32.2. The summed E-state index contributed by atoms with van der Waals surface area (Å²) in [5, 5.41) is 7.30. The standard InChI is InChI=1S/C17H20FN3O2S/c1-21-15(9-14(20-21)12-3-5-13(18)6-4-12)16(22)19-10-17(23-2)7-8-24-11-17/h3-6,9H,7-8,10-11H2,1-2H3,(H,19,22)/t17-/m1/s1. The first kappa shape index (κ1) is 17.0. The lowest BCUT2D eigenvalue weighted by Gasteiger charge is -2.26. The van der Waals surface area contributed by atoms with Crippen LogP contribution in [0.1, 0.15) is 16.9 Å². The maximum atomic E-state index is 13.0. The zero-order chi connectivity index (χ0) is 17.2. The van der Waals surface area contributed by atoms with Gasteiger partial charge >= 0.3 is 0 Å². The minimum absolute atomic E-state index is 0.188. The lowest BCUT2D eigenvalue weighted by atomic mass is 10.0. The molecule has 1 amide bonds. The van der Waals surface area contributed by atoms with Crippen molar-refractivity contribution < 1.29 is 13.9 Å². The number of carbonyl (C=O) groups excluding carboxylic acids is 1. The predicted octanol–water partition coefficient (Wildman–Crippen LogP) is 2.48. The number of amides is 1. The third kappa shape index (κ3) is 3.47. The fourth-order valence-electron chi connectivity index (χ4n) is 2.73. The van der Waals surface area contributed by atoms with Crippen LogP contribution in [0.2, 0.25) is 0 Å². The van der Waals surface area contributed by atoms with Crippen molar-refractivity contribution in [1.82, 2.24) is 15.1 Å². The number of methoxy groups -OCH3 is 1. The Hall–Kier alpha value is -1.86. The van der Waals surface area contributed by atoms with E-state index in [4.69, 9.17) is 4.74 Å². The molecule has 7 heteroatoms. The second-order valence-corrected chi connectivity index (χ2v) is 7.02. The molecule has 128 valence electrons. The minimum Gasteiger partial charge on any atom is -0.376 e. The van der Waals surface area contributed by atoms with Gasteiger partial charge in [0.1, 0.15) is 11.5 Å². The number of hydrogen-bond acceptors (Lipinski definition) is 4. The second-order valence-electron chi connectivity index (χ2n) is 5.92. The molecule has 5 nitrogen and oxygen atoms in total. The van der Waals surface area contributed by atoms with Crippen LogP contribution in [0.15, 0.2) is 30.3 Å². The highest BCUT2D eigenvalue weighted by Crippen LogP contribution is 2.30. The summed E-state index contributed by atoms with van der Waals surface area (Å²) >= 11 is 1.83. The van der Waals surface area contributed by atoms with Crippen LogP contribution < -0.4 is 5.32 Å². The molecule has 1 atom stereocenters. The van der Waals surface area contributed by atoms with Crippen molar-refractivity contribution in [2.75, 3.05) is 25.2 Å². The molecule has 3 rings (SSSR count). The van der Waals surface area contributed by atoms with Crippen LogP contribution in [0, 0.1) is 5.82 Å². The molecule has 1 aliphatic rings. The maximum Gasteiger partial charge on any atom is 0.269 e. The Kier molecular flexibility index (Phi) is 4.91. The Morgan fingerprint density at radius 1 is 1.46 bits per heavy atom. The summed E-state index contributed by atoms with van der Waals surface area (Å²) in [6.07, 6.45) is 0.931. The highest BCUT2D eigenvalue weighted by molar-refractivity contribution is 7.99. The van der Waals surface area contributed by atoms with Gasteiger partial charge in [-0.05, 0) is 42.5 Å². The molecular formula is C17H20FN3O2S. The number of nitrogens with zero attached hydrogens (tertiary/aromatic N) is 2. The van der Waals surface area contributed by atoms with Crippen LogP contribution in [0.3, 0.4) is 0 Å². The number of nitrogens with one attached hydrogen (secondary N) is 1. The van der Waals surface area contributed by atoms with Crippen LogP contribution in [0.4, 0.5) is 4.39 Å². The first-order valence-electron chi connectivity index (χ1n) is 7.74. The lowest BCUT2D eigenvalue weighted by molar-refractivity contribution is 0.0136.